The molecule has 88 valence electrons. The molecule has 1 aliphatic heterocycles. The van der Waals surface area contributed by atoms with Gasteiger partial charge in [-0.05, 0) is 12.8 Å². The van der Waals surface area contributed by atoms with Gasteiger partial charge in [0.15, 0.2) is 0 Å². The monoisotopic (exact) mass is 211 g/mol. The van der Waals surface area contributed by atoms with Crippen molar-refractivity contribution < 1.29 is 4.58 Å². The molecule has 0 saturated heterocycles. The maximum Gasteiger partial charge on any atom is 0.234 e. The number of hydrogen-bond acceptors (Lipinski definition) is 1. The zero-order chi connectivity index (χ0) is 10.9. The predicted molar refractivity (Wildman–Crippen MR) is 66.7 cm³/mol. The number of hydrogen-bond donors (Lipinski definition) is 0. The summed E-state index contributed by atoms with van der Waals surface area (Å²) in [4.78, 5) is 2.28. The second-order valence-electron chi connectivity index (χ2n) is 4.75. The van der Waals surface area contributed by atoms with Gasteiger partial charge in [0.05, 0.1) is 13.6 Å². The van der Waals surface area contributed by atoms with Gasteiger partial charge in [0, 0.05) is 0 Å². The molecule has 0 atom stereocenters. The first kappa shape index (κ1) is 12.5. The molecule has 2 heteroatoms. The molecule has 0 aromatic heterocycles. The van der Waals surface area contributed by atoms with E-state index in [0.29, 0.717) is 0 Å². The largest absolute Gasteiger partial charge is 0.267 e. The van der Waals surface area contributed by atoms with Gasteiger partial charge in [0.1, 0.15) is 13.1 Å². The van der Waals surface area contributed by atoms with Crippen molar-refractivity contribution in [3.05, 3.63) is 0 Å². The van der Waals surface area contributed by atoms with E-state index in [2.05, 4.69) is 29.8 Å². The van der Waals surface area contributed by atoms with Crippen LogP contribution >= 0.6 is 0 Å². The summed E-state index contributed by atoms with van der Waals surface area (Å²) in [7, 11) is 2.16. The lowest BCUT2D eigenvalue weighted by molar-refractivity contribution is -0.514. The Bertz CT molecular complexity index is 187. The van der Waals surface area contributed by atoms with Gasteiger partial charge in [0.2, 0.25) is 6.34 Å². The van der Waals surface area contributed by atoms with E-state index < -0.39 is 0 Å². The molecule has 0 unspecified atom stereocenters. The molecule has 0 spiro atoms. The first-order valence-electron chi connectivity index (χ1n) is 6.62. The Morgan fingerprint density at radius 3 is 2.33 bits per heavy atom. The van der Waals surface area contributed by atoms with E-state index in [9.17, 15) is 0 Å². The molecule has 0 aliphatic carbocycles. The van der Waals surface area contributed by atoms with Gasteiger partial charge in [-0.2, -0.15) is 0 Å². The lowest BCUT2D eigenvalue weighted by Gasteiger charge is -2.01. The topological polar surface area (TPSA) is 6.25 Å². The lowest BCUT2D eigenvalue weighted by Crippen LogP contribution is -2.11. The molecule has 0 N–H and O–H groups in total. The van der Waals surface area contributed by atoms with E-state index in [1.54, 1.807) is 0 Å². The Kier molecular flexibility index (Phi) is 6.45. The highest BCUT2D eigenvalue weighted by Gasteiger charge is 2.13. The van der Waals surface area contributed by atoms with Gasteiger partial charge in [-0.15, -0.1) is 0 Å². The zero-order valence-electron chi connectivity index (χ0n) is 10.5. The maximum atomic E-state index is 2.45. The van der Waals surface area contributed by atoms with Crippen molar-refractivity contribution in [3.63, 3.8) is 0 Å². The van der Waals surface area contributed by atoms with Gasteiger partial charge in [-0.25, -0.2) is 0 Å². The highest BCUT2D eigenvalue weighted by molar-refractivity contribution is 5.49. The highest BCUT2D eigenvalue weighted by atomic mass is 15.2. The minimum atomic E-state index is 1.20. The first-order valence-corrected chi connectivity index (χ1v) is 6.62. The van der Waals surface area contributed by atoms with Crippen molar-refractivity contribution in [2.24, 2.45) is 0 Å². The van der Waals surface area contributed by atoms with Crippen molar-refractivity contribution in [2.75, 3.05) is 26.7 Å². The number of unbranched alkanes of at least 4 members (excludes halogenated alkanes) is 6. The van der Waals surface area contributed by atoms with Crippen LogP contribution in [0.4, 0.5) is 0 Å². The summed E-state index contributed by atoms with van der Waals surface area (Å²) in [5.74, 6) is 0. The van der Waals surface area contributed by atoms with Crippen molar-refractivity contribution in [1.82, 2.24) is 4.90 Å². The quantitative estimate of drug-likeness (QED) is 0.442. The van der Waals surface area contributed by atoms with Crippen LogP contribution in [0.3, 0.4) is 0 Å². The van der Waals surface area contributed by atoms with Crippen LogP contribution < -0.4 is 0 Å². The van der Waals surface area contributed by atoms with Crippen LogP contribution in [0.2, 0.25) is 0 Å². The van der Waals surface area contributed by atoms with E-state index in [1.165, 1.54) is 64.6 Å². The van der Waals surface area contributed by atoms with Gasteiger partial charge < -0.3 is 0 Å². The van der Waals surface area contributed by atoms with E-state index in [4.69, 9.17) is 0 Å². The van der Waals surface area contributed by atoms with Gasteiger partial charge in [-0.1, -0.05) is 39.0 Å². The van der Waals surface area contributed by atoms with E-state index >= 15 is 0 Å². The molecule has 1 rings (SSSR count). The number of nitrogens with zero attached hydrogens (tertiary/aromatic N) is 2. The fraction of sp³-hybridized carbons (Fsp3) is 0.923. The number of rotatable bonds is 8. The van der Waals surface area contributed by atoms with Crippen molar-refractivity contribution in [1.29, 1.82) is 0 Å². The van der Waals surface area contributed by atoms with Crippen LogP contribution in [0.25, 0.3) is 0 Å². The molecule has 0 saturated carbocycles. The van der Waals surface area contributed by atoms with Crippen LogP contribution in [0.1, 0.15) is 51.9 Å². The average molecular weight is 211 g/mol. The minimum absolute atomic E-state index is 1.20. The number of likely N-dealkylation sites (N-methyl/N-ethyl adjacent to an activating group) is 1. The predicted octanol–water partition coefficient (Wildman–Crippen LogP) is 2.72. The Labute approximate surface area is 95.0 Å². The van der Waals surface area contributed by atoms with Crippen LogP contribution in [-0.2, 0) is 0 Å². The van der Waals surface area contributed by atoms with Gasteiger partial charge >= 0.3 is 0 Å². The van der Waals surface area contributed by atoms with Crippen LogP contribution in [0.5, 0.6) is 0 Å². The summed E-state index contributed by atoms with van der Waals surface area (Å²) in [6.07, 6.45) is 12.1. The Morgan fingerprint density at radius 1 is 1.07 bits per heavy atom. The molecule has 0 bridgehead atoms. The SMILES string of the molecule is CCCCCCCCC[N+]1=CN(C)CC1. The molecular weight excluding hydrogens is 184 g/mol. The molecule has 0 aromatic carbocycles. The molecule has 2 nitrogen and oxygen atoms in total. The Hall–Kier alpha value is -0.530. The molecule has 1 heterocycles. The zero-order valence-corrected chi connectivity index (χ0v) is 10.5. The third-order valence-corrected chi connectivity index (χ3v) is 3.15. The maximum absolute atomic E-state index is 2.45. The molecule has 1 aliphatic rings. The van der Waals surface area contributed by atoms with Crippen molar-refractivity contribution in [3.8, 4) is 0 Å². The summed E-state index contributed by atoms with van der Waals surface area (Å²) in [6, 6.07) is 0. The standard InChI is InChI=1S/C13H27N2/c1-3-4-5-6-7-8-9-10-15-12-11-14(2)13-15/h13H,3-12H2,1-2H3/q+1. The smallest absolute Gasteiger partial charge is 0.234 e. The summed E-state index contributed by atoms with van der Waals surface area (Å²) < 4.78 is 2.45. The molecule has 15 heavy (non-hydrogen) atoms. The minimum Gasteiger partial charge on any atom is -0.267 e. The van der Waals surface area contributed by atoms with Gasteiger partial charge in [-0.3, -0.25) is 9.48 Å². The molecule has 0 fully saturated rings. The fourth-order valence-corrected chi connectivity index (χ4v) is 2.12. The van der Waals surface area contributed by atoms with Crippen LogP contribution in [0, 0.1) is 0 Å². The second kappa shape index (κ2) is 7.72. The fourth-order valence-electron chi connectivity index (χ4n) is 2.12. The average Bonchev–Trinajstić information content (AvgIpc) is 2.63. The Balaban J connectivity index is 1.87. The Morgan fingerprint density at radius 2 is 1.73 bits per heavy atom. The first-order chi connectivity index (χ1) is 7.33. The van der Waals surface area contributed by atoms with E-state index in [0.717, 1.165) is 0 Å². The van der Waals surface area contributed by atoms with Crippen LogP contribution in [-0.4, -0.2) is 42.5 Å². The molecular formula is C13H27N2+. The summed E-state index contributed by atoms with van der Waals surface area (Å²) >= 11 is 0. The highest BCUT2D eigenvalue weighted by Crippen LogP contribution is 2.07. The van der Waals surface area contributed by atoms with Gasteiger partial charge in [0.25, 0.3) is 0 Å². The third-order valence-electron chi connectivity index (χ3n) is 3.15. The molecule has 0 amide bonds. The molecule has 0 radical (unpaired) electrons. The van der Waals surface area contributed by atoms with Crippen molar-refractivity contribution in [2.45, 2.75) is 51.9 Å². The van der Waals surface area contributed by atoms with E-state index in [1.807, 2.05) is 0 Å². The second-order valence-corrected chi connectivity index (χ2v) is 4.75. The summed E-state index contributed by atoms with van der Waals surface area (Å²) in [5.41, 5.74) is 0. The van der Waals surface area contributed by atoms with Crippen LogP contribution in [0.15, 0.2) is 0 Å². The summed E-state index contributed by atoms with van der Waals surface area (Å²) in [5, 5.41) is 0. The third kappa shape index (κ3) is 5.81. The van der Waals surface area contributed by atoms with Crippen molar-refractivity contribution >= 4 is 6.34 Å². The molecule has 0 aromatic rings. The normalized spacial score (nSPS) is 15.9. The lowest BCUT2D eigenvalue weighted by atomic mass is 10.1. The summed E-state index contributed by atoms with van der Waals surface area (Å²) in [6.45, 7) is 5.97. The van der Waals surface area contributed by atoms with E-state index in [-0.39, 0.29) is 0 Å².